The van der Waals surface area contributed by atoms with E-state index >= 15 is 0 Å². The van der Waals surface area contributed by atoms with Gasteiger partial charge in [-0.3, -0.25) is 14.3 Å². The molecule has 0 radical (unpaired) electrons. The third-order valence-corrected chi connectivity index (χ3v) is 10.5. The van der Waals surface area contributed by atoms with E-state index in [9.17, 15) is 9.59 Å². The molecule has 1 N–H and O–H groups in total. The van der Waals surface area contributed by atoms with Gasteiger partial charge in [0.2, 0.25) is 0 Å². The van der Waals surface area contributed by atoms with Crippen LogP contribution in [0.15, 0.2) is 21.9 Å². The van der Waals surface area contributed by atoms with Crippen molar-refractivity contribution < 1.29 is 9.16 Å². The van der Waals surface area contributed by atoms with E-state index in [1.54, 1.807) is 0 Å². The van der Waals surface area contributed by atoms with E-state index in [4.69, 9.17) is 9.16 Å². The lowest BCUT2D eigenvalue weighted by molar-refractivity contribution is -0.0207. The van der Waals surface area contributed by atoms with Crippen molar-refractivity contribution in [2.24, 2.45) is 0 Å². The zero-order valence-electron chi connectivity index (χ0n) is 14.3. The fourth-order valence-electron chi connectivity index (χ4n) is 2.17. The van der Waals surface area contributed by atoms with Gasteiger partial charge in [0.05, 0.1) is 12.7 Å². The van der Waals surface area contributed by atoms with Gasteiger partial charge in [0.1, 0.15) is 6.23 Å². The molecule has 8 heteroatoms. The van der Waals surface area contributed by atoms with E-state index in [2.05, 4.69) is 61.4 Å². The summed E-state index contributed by atoms with van der Waals surface area (Å²) in [4.78, 5) is 25.3. The summed E-state index contributed by atoms with van der Waals surface area (Å²) >= 11 is 2.35. The van der Waals surface area contributed by atoms with Crippen molar-refractivity contribution in [1.82, 2.24) is 9.55 Å². The maximum Gasteiger partial charge on any atom is 0.330 e. The lowest BCUT2D eigenvalue weighted by Crippen LogP contribution is -2.43. The van der Waals surface area contributed by atoms with Crippen LogP contribution in [0.4, 0.5) is 0 Å². The summed E-state index contributed by atoms with van der Waals surface area (Å²) in [5.41, 5.74) is -0.829. The number of ether oxygens (including phenoxy) is 1. The van der Waals surface area contributed by atoms with Crippen LogP contribution in [-0.2, 0) is 9.16 Å². The molecule has 0 saturated carbocycles. The summed E-state index contributed by atoms with van der Waals surface area (Å²) in [5.74, 6) is 0. The van der Waals surface area contributed by atoms with Gasteiger partial charge in [-0.15, -0.1) is 0 Å². The van der Waals surface area contributed by atoms with E-state index in [0.29, 0.717) is 6.61 Å². The third-order valence-electron chi connectivity index (χ3n) is 4.74. The molecule has 1 aliphatic heterocycles. The molecule has 0 spiro atoms. The molecular formula is C15H25IN2O4Si. The Morgan fingerprint density at radius 1 is 1.43 bits per heavy atom. The first-order valence-corrected chi connectivity index (χ1v) is 11.9. The Bertz CT molecular complexity index is 664. The number of halogens is 1. The Morgan fingerprint density at radius 2 is 2.09 bits per heavy atom. The van der Waals surface area contributed by atoms with Gasteiger partial charge >= 0.3 is 5.69 Å². The van der Waals surface area contributed by atoms with Crippen LogP contribution in [0.1, 0.15) is 33.4 Å². The van der Waals surface area contributed by atoms with Gasteiger partial charge in [-0.05, 0) is 18.1 Å². The number of nitrogens with zero attached hydrogens (tertiary/aromatic N) is 1. The van der Waals surface area contributed by atoms with Crippen molar-refractivity contribution in [2.45, 2.75) is 61.6 Å². The Morgan fingerprint density at radius 3 is 2.65 bits per heavy atom. The molecule has 0 aromatic carbocycles. The molecule has 130 valence electrons. The second-order valence-electron chi connectivity index (χ2n) is 7.47. The SMILES string of the molecule is CC(C)(C)[Si](C)(C)OC[C@H]1OC(n2ccc(=O)[nH]c2=O)CC1I. The van der Waals surface area contributed by atoms with Crippen molar-refractivity contribution in [3.05, 3.63) is 33.1 Å². The highest BCUT2D eigenvalue weighted by molar-refractivity contribution is 14.1. The summed E-state index contributed by atoms with van der Waals surface area (Å²) < 4.78 is 14.0. The number of aromatic amines is 1. The van der Waals surface area contributed by atoms with E-state index in [1.807, 2.05) is 0 Å². The first kappa shape index (κ1) is 18.9. The summed E-state index contributed by atoms with van der Waals surface area (Å²) in [6.07, 6.45) is 1.81. The molecule has 1 aliphatic rings. The molecule has 2 heterocycles. The molecule has 1 aromatic heterocycles. The van der Waals surface area contributed by atoms with E-state index in [1.165, 1.54) is 16.8 Å². The fraction of sp³-hybridized carbons (Fsp3) is 0.733. The predicted octanol–water partition coefficient (Wildman–Crippen LogP) is 2.65. The zero-order chi connectivity index (χ0) is 17.4. The summed E-state index contributed by atoms with van der Waals surface area (Å²) in [7, 11) is -1.82. The Balaban J connectivity index is 2.04. The first-order chi connectivity index (χ1) is 10.5. The number of hydrogen-bond acceptors (Lipinski definition) is 4. The van der Waals surface area contributed by atoms with Gasteiger partial charge < -0.3 is 9.16 Å². The topological polar surface area (TPSA) is 73.3 Å². The van der Waals surface area contributed by atoms with E-state index in [-0.39, 0.29) is 21.3 Å². The number of nitrogens with one attached hydrogen (secondary N) is 1. The van der Waals surface area contributed by atoms with Crippen molar-refractivity contribution in [3.8, 4) is 0 Å². The lowest BCUT2D eigenvalue weighted by atomic mass is 10.2. The molecule has 0 bridgehead atoms. The highest BCUT2D eigenvalue weighted by Crippen LogP contribution is 2.38. The maximum absolute atomic E-state index is 11.9. The van der Waals surface area contributed by atoms with E-state index in [0.717, 1.165) is 6.42 Å². The van der Waals surface area contributed by atoms with Crippen LogP contribution in [0.25, 0.3) is 0 Å². The number of H-pyrrole nitrogens is 1. The average molecular weight is 452 g/mol. The van der Waals surface area contributed by atoms with Gasteiger partial charge in [0, 0.05) is 22.6 Å². The second kappa shape index (κ2) is 6.81. The molecule has 23 heavy (non-hydrogen) atoms. The van der Waals surface area contributed by atoms with Gasteiger partial charge in [-0.25, -0.2) is 4.79 Å². The monoisotopic (exact) mass is 452 g/mol. The molecule has 1 aromatic rings. The molecular weight excluding hydrogens is 427 g/mol. The summed E-state index contributed by atoms with van der Waals surface area (Å²) in [6, 6.07) is 1.34. The van der Waals surface area contributed by atoms with Crippen LogP contribution in [-0.4, -0.2) is 34.5 Å². The van der Waals surface area contributed by atoms with Crippen LogP contribution in [0.3, 0.4) is 0 Å². The molecule has 1 saturated heterocycles. The standard InChI is InChI=1S/C15H25IN2O4Si/c1-15(2,3)23(4,5)21-9-11-10(16)8-13(22-11)18-7-6-12(19)17-14(18)20/h6-7,10-11,13H,8-9H2,1-5H3,(H,17,19,20)/t10?,11-,13?/m1/s1. The molecule has 1 fully saturated rings. The lowest BCUT2D eigenvalue weighted by Gasteiger charge is -2.37. The Kier molecular flexibility index (Phi) is 5.59. The molecule has 6 nitrogen and oxygen atoms in total. The molecule has 2 unspecified atom stereocenters. The van der Waals surface area contributed by atoms with Crippen molar-refractivity contribution in [1.29, 1.82) is 0 Å². The minimum atomic E-state index is -1.82. The normalized spacial score (nSPS) is 25.7. The quantitative estimate of drug-likeness (QED) is 0.433. The smallest absolute Gasteiger partial charge is 0.330 e. The van der Waals surface area contributed by atoms with Gasteiger partial charge in [0.15, 0.2) is 8.32 Å². The second-order valence-corrected chi connectivity index (χ2v) is 13.9. The first-order valence-electron chi connectivity index (χ1n) is 7.76. The maximum atomic E-state index is 11.9. The number of aromatic nitrogens is 2. The zero-order valence-corrected chi connectivity index (χ0v) is 17.4. The van der Waals surface area contributed by atoms with Crippen molar-refractivity contribution in [3.63, 3.8) is 0 Å². The van der Waals surface area contributed by atoms with Crippen LogP contribution < -0.4 is 11.2 Å². The van der Waals surface area contributed by atoms with Crippen LogP contribution in [0, 0.1) is 0 Å². The number of alkyl halides is 1. The highest BCUT2D eigenvalue weighted by Gasteiger charge is 2.40. The Hall–Kier alpha value is -0.453. The summed E-state index contributed by atoms with van der Waals surface area (Å²) in [5, 5.41) is 0.154. The number of rotatable bonds is 4. The van der Waals surface area contributed by atoms with Gasteiger partial charge in [0.25, 0.3) is 5.56 Å². The van der Waals surface area contributed by atoms with Crippen molar-refractivity contribution >= 4 is 30.9 Å². The average Bonchev–Trinajstić information content (AvgIpc) is 2.76. The van der Waals surface area contributed by atoms with Gasteiger partial charge in [-0.2, -0.15) is 0 Å². The molecule has 3 atom stereocenters. The molecule has 0 aliphatic carbocycles. The van der Waals surface area contributed by atoms with Crippen LogP contribution >= 0.6 is 22.6 Å². The van der Waals surface area contributed by atoms with Crippen molar-refractivity contribution in [2.75, 3.05) is 6.61 Å². The van der Waals surface area contributed by atoms with Gasteiger partial charge in [-0.1, -0.05) is 43.4 Å². The molecule has 0 amide bonds. The third kappa shape index (κ3) is 4.34. The number of hydrogen-bond donors (Lipinski definition) is 1. The minimum absolute atomic E-state index is 0.0476. The van der Waals surface area contributed by atoms with Crippen LogP contribution in [0.5, 0.6) is 0 Å². The van der Waals surface area contributed by atoms with E-state index < -0.39 is 19.6 Å². The highest BCUT2D eigenvalue weighted by atomic mass is 127. The predicted molar refractivity (Wildman–Crippen MR) is 101 cm³/mol. The largest absolute Gasteiger partial charge is 0.414 e. The van der Waals surface area contributed by atoms with Crippen LogP contribution in [0.2, 0.25) is 18.1 Å². The fourth-order valence-corrected chi connectivity index (χ4v) is 4.00. The Labute approximate surface area is 150 Å². The molecule has 2 rings (SSSR count). The summed E-state index contributed by atoms with van der Waals surface area (Å²) in [6.45, 7) is 11.6. The minimum Gasteiger partial charge on any atom is -0.414 e.